The number of nitro benzene ring substituents is 1. The van der Waals surface area contributed by atoms with Crippen LogP contribution < -0.4 is 4.72 Å². The molecular weight excluding hydrogens is 402 g/mol. The van der Waals surface area contributed by atoms with Crippen LogP contribution in [0.2, 0.25) is 0 Å². The van der Waals surface area contributed by atoms with Crippen molar-refractivity contribution in [2.24, 2.45) is 0 Å². The van der Waals surface area contributed by atoms with E-state index in [0.29, 0.717) is 31.5 Å². The van der Waals surface area contributed by atoms with Crippen LogP contribution in [0.4, 0.5) is 5.69 Å². The van der Waals surface area contributed by atoms with Gasteiger partial charge in [-0.2, -0.15) is 0 Å². The summed E-state index contributed by atoms with van der Waals surface area (Å²) in [4.78, 5) is 24.2. The number of sulfonamides is 1. The number of hydrogen-bond acceptors (Lipinski definition) is 6. The molecule has 1 aliphatic heterocycles. The van der Waals surface area contributed by atoms with E-state index in [1.54, 1.807) is 40.6 Å². The fourth-order valence-electron chi connectivity index (χ4n) is 2.89. The quantitative estimate of drug-likeness (QED) is 0.438. The topological polar surface area (TPSA) is 110 Å². The summed E-state index contributed by atoms with van der Waals surface area (Å²) in [5.41, 5.74) is 0.688. The van der Waals surface area contributed by atoms with Crippen molar-refractivity contribution in [1.82, 2.24) is 9.62 Å². The van der Waals surface area contributed by atoms with E-state index >= 15 is 0 Å². The van der Waals surface area contributed by atoms with E-state index in [1.807, 2.05) is 0 Å². The second-order valence-corrected chi connectivity index (χ2v) is 9.22. The Morgan fingerprint density at radius 2 is 1.89 bits per heavy atom. The predicted molar refractivity (Wildman–Crippen MR) is 106 cm³/mol. The molecule has 28 heavy (non-hydrogen) atoms. The van der Waals surface area contributed by atoms with E-state index in [2.05, 4.69) is 4.72 Å². The van der Waals surface area contributed by atoms with E-state index < -0.39 is 14.9 Å². The zero-order valence-electron chi connectivity index (χ0n) is 14.9. The van der Waals surface area contributed by atoms with Gasteiger partial charge in [-0.1, -0.05) is 6.07 Å². The van der Waals surface area contributed by atoms with Crippen molar-refractivity contribution in [3.05, 3.63) is 63.5 Å². The number of hydrogen-bond donors (Lipinski definition) is 1. The molecule has 1 N–H and O–H groups in total. The van der Waals surface area contributed by atoms with Crippen LogP contribution in [0, 0.1) is 10.1 Å². The molecular formula is C18H19N3O5S2. The number of nitrogens with one attached hydrogen (secondary N) is 1. The van der Waals surface area contributed by atoms with Crippen molar-refractivity contribution in [3.8, 4) is 0 Å². The van der Waals surface area contributed by atoms with Crippen LogP contribution in [0.15, 0.2) is 52.1 Å². The monoisotopic (exact) mass is 421 g/mol. The minimum absolute atomic E-state index is 0.00412. The number of benzene rings is 1. The predicted octanol–water partition coefficient (Wildman–Crippen LogP) is 2.64. The first kappa shape index (κ1) is 20.2. The molecule has 0 bridgehead atoms. The summed E-state index contributed by atoms with van der Waals surface area (Å²) in [5, 5.41) is 12.4. The second kappa shape index (κ2) is 8.63. The normalized spacial score (nSPS) is 15.8. The average Bonchev–Trinajstić information content (AvgIpc) is 3.22. The van der Waals surface area contributed by atoms with Gasteiger partial charge >= 0.3 is 0 Å². The lowest BCUT2D eigenvalue weighted by molar-refractivity contribution is -0.384. The largest absolute Gasteiger partial charge is 0.339 e. The molecule has 1 amide bonds. The van der Waals surface area contributed by atoms with Crippen LogP contribution in [0.1, 0.15) is 18.4 Å². The lowest BCUT2D eigenvalue weighted by atomic mass is 10.1. The Morgan fingerprint density at radius 3 is 2.46 bits per heavy atom. The highest BCUT2D eigenvalue weighted by molar-refractivity contribution is 7.91. The van der Waals surface area contributed by atoms with Crippen molar-refractivity contribution in [2.75, 3.05) is 13.1 Å². The highest BCUT2D eigenvalue weighted by Gasteiger charge is 2.26. The van der Waals surface area contributed by atoms with Crippen molar-refractivity contribution < 1.29 is 18.1 Å². The summed E-state index contributed by atoms with van der Waals surface area (Å²) in [5.74, 6) is -0.169. The Labute approximate surface area is 166 Å². The molecule has 148 valence electrons. The number of amides is 1. The Hall–Kier alpha value is -2.56. The minimum atomic E-state index is -3.51. The smallest absolute Gasteiger partial charge is 0.269 e. The zero-order valence-corrected chi connectivity index (χ0v) is 16.5. The maximum atomic E-state index is 12.3. The summed E-state index contributed by atoms with van der Waals surface area (Å²) in [6, 6.07) is 8.98. The molecule has 1 saturated heterocycles. The molecule has 0 aliphatic carbocycles. The molecule has 1 fully saturated rings. The van der Waals surface area contributed by atoms with Gasteiger partial charge < -0.3 is 4.90 Å². The first-order valence-corrected chi connectivity index (χ1v) is 11.0. The average molecular weight is 422 g/mol. The molecule has 1 aromatic carbocycles. The minimum Gasteiger partial charge on any atom is -0.339 e. The van der Waals surface area contributed by atoms with Crippen molar-refractivity contribution >= 4 is 39.0 Å². The maximum Gasteiger partial charge on any atom is 0.269 e. The first-order chi connectivity index (χ1) is 13.3. The zero-order chi connectivity index (χ0) is 20.1. The molecule has 0 atom stereocenters. The molecule has 0 unspecified atom stereocenters. The standard InChI is InChI=1S/C18H19N3O5S2/c22-17(8-5-14-3-6-16(7-4-14)21(23)24)20-11-9-15(10-12-20)19-28(25,26)18-2-1-13-27-18/h1-8,13,15,19H,9-12H2/b8-5+. The number of likely N-dealkylation sites (tertiary alicyclic amines) is 1. The van der Waals surface area contributed by atoms with Gasteiger partial charge in [0, 0.05) is 37.3 Å². The Kier molecular flexibility index (Phi) is 6.22. The van der Waals surface area contributed by atoms with Crippen molar-refractivity contribution in [1.29, 1.82) is 0 Å². The molecule has 1 aliphatic rings. The molecule has 0 radical (unpaired) electrons. The van der Waals surface area contributed by atoms with Crippen LogP contribution in [-0.2, 0) is 14.8 Å². The summed E-state index contributed by atoms with van der Waals surface area (Å²) in [6.45, 7) is 0.919. The number of piperidine rings is 1. The van der Waals surface area contributed by atoms with Gasteiger partial charge in [0.1, 0.15) is 4.21 Å². The SMILES string of the molecule is O=C(/C=C/c1ccc([N+](=O)[O-])cc1)N1CCC(NS(=O)(=O)c2cccs2)CC1. The van der Waals surface area contributed by atoms with Gasteiger partial charge in [0.15, 0.2) is 0 Å². The molecule has 10 heteroatoms. The molecule has 0 spiro atoms. The molecule has 2 aromatic rings. The molecule has 2 heterocycles. The van der Waals surface area contributed by atoms with E-state index in [-0.39, 0.29) is 21.8 Å². The summed E-state index contributed by atoms with van der Waals surface area (Å²) < 4.78 is 27.5. The van der Waals surface area contributed by atoms with Gasteiger partial charge in [0.05, 0.1) is 4.92 Å². The summed E-state index contributed by atoms with van der Waals surface area (Å²) in [7, 11) is -3.51. The van der Waals surface area contributed by atoms with Gasteiger partial charge in [-0.05, 0) is 48.1 Å². The number of non-ortho nitro benzene ring substituents is 1. The number of carbonyl (C=O) groups is 1. The van der Waals surface area contributed by atoms with Gasteiger partial charge in [0.25, 0.3) is 5.69 Å². The van der Waals surface area contributed by atoms with Crippen LogP contribution in [0.25, 0.3) is 6.08 Å². The fourth-order valence-corrected chi connectivity index (χ4v) is 5.21. The second-order valence-electron chi connectivity index (χ2n) is 6.33. The first-order valence-electron chi connectivity index (χ1n) is 8.62. The fraction of sp³-hybridized carbons (Fsp3) is 0.278. The third-order valence-corrected chi connectivity index (χ3v) is 7.33. The van der Waals surface area contributed by atoms with Crippen molar-refractivity contribution in [2.45, 2.75) is 23.1 Å². The van der Waals surface area contributed by atoms with E-state index in [4.69, 9.17) is 0 Å². The highest BCUT2D eigenvalue weighted by atomic mass is 32.2. The number of carbonyl (C=O) groups excluding carboxylic acids is 1. The molecule has 3 rings (SSSR count). The van der Waals surface area contributed by atoms with E-state index in [9.17, 15) is 23.3 Å². The van der Waals surface area contributed by atoms with Crippen LogP contribution in [0.3, 0.4) is 0 Å². The number of nitro groups is 1. The summed E-state index contributed by atoms with van der Waals surface area (Å²) in [6.07, 6.45) is 4.12. The van der Waals surface area contributed by atoms with Gasteiger partial charge in [0.2, 0.25) is 15.9 Å². The Balaban J connectivity index is 1.51. The Bertz CT molecular complexity index is 961. The maximum absolute atomic E-state index is 12.3. The van der Waals surface area contributed by atoms with Gasteiger partial charge in [-0.15, -0.1) is 11.3 Å². The number of nitrogens with zero attached hydrogens (tertiary/aromatic N) is 2. The number of thiophene rings is 1. The third kappa shape index (κ3) is 5.03. The Morgan fingerprint density at radius 1 is 1.21 bits per heavy atom. The molecule has 0 saturated carbocycles. The molecule has 1 aromatic heterocycles. The van der Waals surface area contributed by atoms with E-state index in [0.717, 1.165) is 0 Å². The highest BCUT2D eigenvalue weighted by Crippen LogP contribution is 2.19. The van der Waals surface area contributed by atoms with Crippen LogP contribution in [0.5, 0.6) is 0 Å². The van der Waals surface area contributed by atoms with Gasteiger partial charge in [-0.3, -0.25) is 14.9 Å². The van der Waals surface area contributed by atoms with E-state index in [1.165, 1.54) is 29.5 Å². The summed E-state index contributed by atoms with van der Waals surface area (Å²) >= 11 is 1.17. The lowest BCUT2D eigenvalue weighted by Gasteiger charge is -2.31. The molecule has 8 nitrogen and oxygen atoms in total. The number of rotatable bonds is 6. The van der Waals surface area contributed by atoms with Gasteiger partial charge in [-0.25, -0.2) is 13.1 Å². The van der Waals surface area contributed by atoms with Crippen LogP contribution >= 0.6 is 11.3 Å². The lowest BCUT2D eigenvalue weighted by Crippen LogP contribution is -2.46. The van der Waals surface area contributed by atoms with Crippen molar-refractivity contribution in [3.63, 3.8) is 0 Å². The third-order valence-electron chi connectivity index (χ3n) is 4.41. The van der Waals surface area contributed by atoms with Crippen LogP contribution in [-0.4, -0.2) is 43.3 Å².